The summed E-state index contributed by atoms with van der Waals surface area (Å²) >= 11 is 1.35. The summed E-state index contributed by atoms with van der Waals surface area (Å²) in [5.41, 5.74) is 0.816. The van der Waals surface area contributed by atoms with Gasteiger partial charge in [-0.2, -0.15) is 11.8 Å². The SMILES string of the molecule is CC1CN(C(=O)CSCCC(NC(=O)OCc2ccccc2)C(=O)O)CCO1. The number of carbonyl (C=O) groups excluding carboxylic acids is 2. The smallest absolute Gasteiger partial charge is 0.408 e. The number of amides is 2. The third-order valence-electron chi connectivity index (χ3n) is 4.17. The zero-order valence-corrected chi connectivity index (χ0v) is 16.7. The number of aliphatic carboxylic acids is 1. The number of morpholine rings is 1. The van der Waals surface area contributed by atoms with Gasteiger partial charge in [0, 0.05) is 13.1 Å². The molecule has 1 aliphatic heterocycles. The van der Waals surface area contributed by atoms with E-state index in [-0.39, 0.29) is 30.8 Å². The second-order valence-electron chi connectivity index (χ2n) is 6.46. The van der Waals surface area contributed by atoms with Crippen molar-refractivity contribution in [3.8, 4) is 0 Å². The molecule has 0 bridgehead atoms. The minimum absolute atomic E-state index is 0.0160. The number of carboxylic acid groups (broad SMARTS) is 1. The number of alkyl carbamates (subject to hydrolysis) is 1. The van der Waals surface area contributed by atoms with Gasteiger partial charge in [0.1, 0.15) is 12.6 Å². The first-order valence-electron chi connectivity index (χ1n) is 9.13. The van der Waals surface area contributed by atoms with E-state index in [4.69, 9.17) is 9.47 Å². The van der Waals surface area contributed by atoms with E-state index < -0.39 is 18.1 Å². The van der Waals surface area contributed by atoms with Crippen molar-refractivity contribution in [2.45, 2.75) is 32.1 Å². The van der Waals surface area contributed by atoms with Gasteiger partial charge in [0.05, 0.1) is 18.5 Å². The van der Waals surface area contributed by atoms with Crippen LogP contribution < -0.4 is 5.32 Å². The van der Waals surface area contributed by atoms with Crippen LogP contribution in [0.2, 0.25) is 0 Å². The molecular weight excluding hydrogens is 384 g/mol. The Morgan fingerprint density at radius 1 is 1.36 bits per heavy atom. The topological polar surface area (TPSA) is 105 Å². The average Bonchev–Trinajstić information content (AvgIpc) is 2.69. The second kappa shape index (κ2) is 11.6. The molecule has 2 amide bonds. The Labute approximate surface area is 168 Å². The number of thioether (sulfide) groups is 1. The molecule has 1 fully saturated rings. The van der Waals surface area contributed by atoms with Crippen LogP contribution in [0.25, 0.3) is 0 Å². The van der Waals surface area contributed by atoms with Crippen molar-refractivity contribution in [3.05, 3.63) is 35.9 Å². The molecule has 154 valence electrons. The minimum atomic E-state index is -1.13. The molecule has 1 saturated heterocycles. The predicted octanol–water partition coefficient (Wildman–Crippen LogP) is 1.74. The molecule has 8 nitrogen and oxygen atoms in total. The third kappa shape index (κ3) is 7.77. The number of benzene rings is 1. The van der Waals surface area contributed by atoms with Gasteiger partial charge in [-0.25, -0.2) is 9.59 Å². The molecule has 9 heteroatoms. The molecule has 1 heterocycles. The standard InChI is InChI=1S/C19H26N2O6S/c1-14-11-21(8-9-26-14)17(22)13-28-10-7-16(18(23)24)20-19(25)27-12-15-5-3-2-4-6-15/h2-6,14,16H,7-13H2,1H3,(H,20,25)(H,23,24). The van der Waals surface area contributed by atoms with Gasteiger partial charge in [-0.15, -0.1) is 0 Å². The number of carbonyl (C=O) groups is 3. The van der Waals surface area contributed by atoms with Gasteiger partial charge in [-0.1, -0.05) is 30.3 Å². The number of rotatable bonds is 9. The van der Waals surface area contributed by atoms with Gasteiger partial charge in [0.25, 0.3) is 0 Å². The van der Waals surface area contributed by atoms with Crippen LogP contribution in [0.15, 0.2) is 30.3 Å². The fraction of sp³-hybridized carbons (Fsp3) is 0.526. The van der Waals surface area contributed by atoms with E-state index in [1.807, 2.05) is 37.3 Å². The first-order chi connectivity index (χ1) is 13.5. The number of nitrogens with zero attached hydrogens (tertiary/aromatic N) is 1. The highest BCUT2D eigenvalue weighted by Gasteiger charge is 2.23. The summed E-state index contributed by atoms with van der Waals surface area (Å²) in [7, 11) is 0. The first kappa shape index (κ1) is 22.0. The number of hydrogen-bond donors (Lipinski definition) is 2. The van der Waals surface area contributed by atoms with Crippen LogP contribution in [0.1, 0.15) is 18.9 Å². The van der Waals surface area contributed by atoms with Gasteiger partial charge < -0.3 is 24.8 Å². The molecule has 2 atom stereocenters. The summed E-state index contributed by atoms with van der Waals surface area (Å²) in [6.45, 7) is 3.68. The van der Waals surface area contributed by atoms with Crippen LogP contribution in [0.3, 0.4) is 0 Å². The Kier molecular flexibility index (Phi) is 9.09. The van der Waals surface area contributed by atoms with Crippen molar-refractivity contribution in [2.24, 2.45) is 0 Å². The van der Waals surface area contributed by atoms with E-state index in [9.17, 15) is 19.5 Å². The van der Waals surface area contributed by atoms with Crippen LogP contribution in [-0.4, -0.2) is 71.3 Å². The monoisotopic (exact) mass is 410 g/mol. The van der Waals surface area contributed by atoms with Crippen molar-refractivity contribution in [1.82, 2.24) is 10.2 Å². The molecule has 2 N–H and O–H groups in total. The lowest BCUT2D eigenvalue weighted by atomic mass is 10.2. The number of carboxylic acids is 1. The van der Waals surface area contributed by atoms with Gasteiger partial charge in [0.15, 0.2) is 0 Å². The zero-order chi connectivity index (χ0) is 20.4. The molecule has 0 aromatic heterocycles. The van der Waals surface area contributed by atoms with Gasteiger partial charge in [0.2, 0.25) is 5.91 Å². The fourth-order valence-corrected chi connectivity index (χ4v) is 3.57. The van der Waals surface area contributed by atoms with Crippen LogP contribution in [0, 0.1) is 0 Å². The fourth-order valence-electron chi connectivity index (χ4n) is 2.66. The summed E-state index contributed by atoms with van der Waals surface area (Å²) in [6, 6.07) is 8.07. The number of ether oxygens (including phenoxy) is 2. The van der Waals surface area contributed by atoms with Crippen molar-refractivity contribution >= 4 is 29.7 Å². The van der Waals surface area contributed by atoms with Gasteiger partial charge in [-0.05, 0) is 24.7 Å². The summed E-state index contributed by atoms with van der Waals surface area (Å²) in [4.78, 5) is 37.1. The number of hydrogen-bond acceptors (Lipinski definition) is 6. The molecule has 2 unspecified atom stereocenters. The molecule has 0 radical (unpaired) electrons. The zero-order valence-electron chi connectivity index (χ0n) is 15.8. The molecule has 1 aromatic carbocycles. The lowest BCUT2D eigenvalue weighted by Crippen LogP contribution is -2.45. The summed E-state index contributed by atoms with van der Waals surface area (Å²) in [5.74, 6) is -0.410. The maximum atomic E-state index is 12.2. The van der Waals surface area contributed by atoms with E-state index in [0.717, 1.165) is 5.56 Å². The van der Waals surface area contributed by atoms with Crippen LogP contribution in [-0.2, 0) is 25.7 Å². The molecule has 1 aliphatic rings. The van der Waals surface area contributed by atoms with Crippen LogP contribution >= 0.6 is 11.8 Å². The van der Waals surface area contributed by atoms with E-state index in [0.29, 0.717) is 25.4 Å². The lowest BCUT2D eigenvalue weighted by molar-refractivity contribution is -0.139. The lowest BCUT2D eigenvalue weighted by Gasteiger charge is -2.31. The summed E-state index contributed by atoms with van der Waals surface area (Å²) in [6.07, 6.45) is -0.544. The Balaban J connectivity index is 1.67. The van der Waals surface area contributed by atoms with Crippen LogP contribution in [0.5, 0.6) is 0 Å². The van der Waals surface area contributed by atoms with Crippen molar-refractivity contribution in [2.75, 3.05) is 31.2 Å². The molecule has 0 spiro atoms. The summed E-state index contributed by atoms with van der Waals surface area (Å²) in [5, 5.41) is 11.6. The maximum absolute atomic E-state index is 12.2. The Hall–Kier alpha value is -2.26. The van der Waals surface area contributed by atoms with E-state index in [1.165, 1.54) is 11.8 Å². The Morgan fingerprint density at radius 3 is 2.79 bits per heavy atom. The number of nitrogens with one attached hydrogen (secondary N) is 1. The third-order valence-corrected chi connectivity index (χ3v) is 5.15. The normalized spacial score (nSPS) is 17.6. The minimum Gasteiger partial charge on any atom is -0.480 e. The van der Waals surface area contributed by atoms with E-state index in [2.05, 4.69) is 5.32 Å². The first-order valence-corrected chi connectivity index (χ1v) is 10.3. The molecule has 0 saturated carbocycles. The van der Waals surface area contributed by atoms with Gasteiger partial charge in [-0.3, -0.25) is 4.79 Å². The highest BCUT2D eigenvalue weighted by molar-refractivity contribution is 7.99. The molecular formula is C19H26N2O6S. The second-order valence-corrected chi connectivity index (χ2v) is 7.56. The molecule has 0 aliphatic carbocycles. The van der Waals surface area contributed by atoms with E-state index in [1.54, 1.807) is 4.90 Å². The average molecular weight is 410 g/mol. The largest absolute Gasteiger partial charge is 0.480 e. The van der Waals surface area contributed by atoms with Crippen molar-refractivity contribution < 1.29 is 29.0 Å². The molecule has 28 heavy (non-hydrogen) atoms. The highest BCUT2D eigenvalue weighted by Crippen LogP contribution is 2.11. The quantitative estimate of drug-likeness (QED) is 0.598. The van der Waals surface area contributed by atoms with Crippen molar-refractivity contribution in [1.29, 1.82) is 0 Å². The van der Waals surface area contributed by atoms with Crippen LogP contribution in [0.4, 0.5) is 4.79 Å². The Morgan fingerprint density at radius 2 is 2.11 bits per heavy atom. The molecule has 1 aromatic rings. The maximum Gasteiger partial charge on any atom is 0.408 e. The van der Waals surface area contributed by atoms with Crippen molar-refractivity contribution in [3.63, 3.8) is 0 Å². The molecule has 2 rings (SSSR count). The Bertz CT molecular complexity index is 657. The highest BCUT2D eigenvalue weighted by atomic mass is 32.2. The predicted molar refractivity (Wildman–Crippen MR) is 105 cm³/mol. The van der Waals surface area contributed by atoms with E-state index >= 15 is 0 Å². The summed E-state index contributed by atoms with van der Waals surface area (Å²) < 4.78 is 10.5. The van der Waals surface area contributed by atoms with Gasteiger partial charge >= 0.3 is 12.1 Å².